The molecule has 8 bridgehead atoms. The smallest absolute Gasteiger partial charge is 0.328 e. The summed E-state index contributed by atoms with van der Waals surface area (Å²) in [6.07, 6.45) is 0.254. The quantitative estimate of drug-likeness (QED) is 0.0103. The molecule has 2 aliphatic heterocycles. The number of hydrogen-bond donors (Lipinski definition) is 9. The van der Waals surface area contributed by atoms with Gasteiger partial charge in [-0.15, -0.1) is 0 Å². The van der Waals surface area contributed by atoms with E-state index in [1.54, 1.807) is 132 Å². The number of hydrogen-bond acceptors (Lipinski definition) is 23. The Morgan fingerprint density at radius 3 is 1.38 bits per heavy atom. The minimum atomic E-state index is -1.29. The number of nitrogens with two attached hydrogens (primary N) is 3. The van der Waals surface area contributed by atoms with Crippen LogP contribution in [-0.2, 0) is 65.5 Å². The summed E-state index contributed by atoms with van der Waals surface area (Å²) in [4.78, 5) is 156. The van der Waals surface area contributed by atoms with Crippen molar-refractivity contribution in [2.45, 2.75) is 179 Å². The van der Waals surface area contributed by atoms with Gasteiger partial charge in [-0.1, -0.05) is 153 Å². The number of phenols is 2. The van der Waals surface area contributed by atoms with Crippen LogP contribution in [0.3, 0.4) is 0 Å². The van der Waals surface area contributed by atoms with E-state index in [9.17, 15) is 78.4 Å². The van der Waals surface area contributed by atoms with Gasteiger partial charge in [-0.05, 0) is 177 Å². The van der Waals surface area contributed by atoms with E-state index in [1.807, 2.05) is 54.6 Å². The number of halogens is 2. The van der Waals surface area contributed by atoms with Gasteiger partial charge in [0, 0.05) is 146 Å². The Bertz CT molecular complexity index is 5330. The van der Waals surface area contributed by atoms with Gasteiger partial charge in [-0.3, -0.25) is 47.9 Å². The molecule has 29 heteroatoms. The summed E-state index contributed by atoms with van der Waals surface area (Å²) >= 11 is 12.2. The van der Waals surface area contributed by atoms with Crippen molar-refractivity contribution in [2.24, 2.45) is 40.9 Å². The van der Waals surface area contributed by atoms with Crippen molar-refractivity contribution in [3.8, 4) is 73.6 Å². The number of carbonyl (C=O) groups is 11. The molecule has 10 atom stereocenters. The van der Waals surface area contributed by atoms with Crippen LogP contribution in [0.1, 0.15) is 180 Å². The molecule has 8 aromatic rings. The fourth-order valence-electron chi connectivity index (χ4n) is 15.7. The number of carbonyl (C=O) groups excluding carboxylic acids is 11. The fourth-order valence-corrected chi connectivity index (χ4v) is 15.9. The minimum Gasteiger partial charge on any atom is -0.507 e. The van der Waals surface area contributed by atoms with Crippen LogP contribution >= 0.6 is 23.2 Å². The maximum absolute atomic E-state index is 14.9. The molecular weight excluding hydrogens is 1690 g/mol. The third-order valence-corrected chi connectivity index (χ3v) is 23.3. The molecule has 2 heterocycles. The van der Waals surface area contributed by atoms with E-state index in [2.05, 4.69) is 10.6 Å². The van der Waals surface area contributed by atoms with E-state index in [0.717, 1.165) is 22.3 Å². The number of unbranched alkanes of at least 4 members (excludes halogenated alkanes) is 3. The number of esters is 2. The number of ether oxygens (including phenoxy) is 4. The van der Waals surface area contributed by atoms with Crippen molar-refractivity contribution in [1.29, 1.82) is 5.26 Å². The highest BCUT2D eigenvalue weighted by Crippen LogP contribution is 2.44. The Kier molecular flexibility index (Phi) is 37.4. The van der Waals surface area contributed by atoms with Crippen molar-refractivity contribution in [3.05, 3.63) is 213 Å². The maximum atomic E-state index is 14.9. The van der Waals surface area contributed by atoms with Gasteiger partial charge in [0.25, 0.3) is 0 Å². The number of aromatic hydroxyl groups is 2. The predicted octanol–water partition coefficient (Wildman–Crippen LogP) is 13.7. The van der Waals surface area contributed by atoms with E-state index < -0.39 is 107 Å². The van der Waals surface area contributed by atoms with Crippen LogP contribution < -0.4 is 37.3 Å². The molecule has 684 valence electrons. The number of methoxy groups -OCH3 is 1. The van der Waals surface area contributed by atoms with Crippen molar-refractivity contribution < 1.29 is 92.1 Å². The number of rotatable bonds is 34. The second kappa shape index (κ2) is 47.9. The Balaban J connectivity index is 0.000000292. The van der Waals surface area contributed by atoms with Crippen molar-refractivity contribution in [3.63, 3.8) is 0 Å². The Morgan fingerprint density at radius 1 is 0.519 bits per heavy atom. The van der Waals surface area contributed by atoms with Crippen molar-refractivity contribution >= 4 is 87.7 Å². The third kappa shape index (κ3) is 28.5. The van der Waals surface area contributed by atoms with E-state index in [4.69, 9.17) is 59.4 Å². The van der Waals surface area contributed by atoms with Crippen molar-refractivity contribution in [1.82, 2.24) is 20.4 Å². The molecule has 0 radical (unpaired) electrons. The molecule has 0 saturated carbocycles. The second-order valence-electron chi connectivity index (χ2n) is 33.9. The summed E-state index contributed by atoms with van der Waals surface area (Å²) in [7, 11) is 4.16. The number of amides is 4. The molecule has 4 amide bonds. The Morgan fingerprint density at radius 2 is 0.922 bits per heavy atom. The molecule has 0 spiro atoms. The first kappa shape index (κ1) is 101. The maximum Gasteiger partial charge on any atom is 0.328 e. The van der Waals surface area contributed by atoms with E-state index in [1.165, 1.54) is 55.3 Å². The second-order valence-corrected chi connectivity index (χ2v) is 34.8. The molecule has 0 saturated heterocycles. The zero-order valence-electron chi connectivity index (χ0n) is 74.0. The zero-order chi connectivity index (χ0) is 93.9. The summed E-state index contributed by atoms with van der Waals surface area (Å²) < 4.78 is 22.7. The molecule has 129 heavy (non-hydrogen) atoms. The largest absolute Gasteiger partial charge is 0.507 e. The summed E-state index contributed by atoms with van der Waals surface area (Å²) in [6.45, 7) is 8.31. The monoisotopic (exact) mass is 1800 g/mol. The van der Waals surface area contributed by atoms with Crippen LogP contribution in [0.4, 0.5) is 0 Å². The lowest BCUT2D eigenvalue weighted by Gasteiger charge is -2.32. The van der Waals surface area contributed by atoms with Gasteiger partial charge in [0.2, 0.25) is 23.6 Å². The number of nitriles is 1. The van der Waals surface area contributed by atoms with Crippen LogP contribution in [0.2, 0.25) is 10.0 Å². The summed E-state index contributed by atoms with van der Waals surface area (Å²) in [5.74, 6) is -8.62. The lowest BCUT2D eigenvalue weighted by Crippen LogP contribution is -2.46. The highest BCUT2D eigenvalue weighted by Gasteiger charge is 2.40. The first-order valence-corrected chi connectivity index (χ1v) is 44.1. The van der Waals surface area contributed by atoms with Crippen LogP contribution in [-0.4, -0.2) is 179 Å². The molecule has 2 aliphatic rings. The number of nitrogens with one attached hydrogen (secondary N) is 2. The molecule has 8 aromatic carbocycles. The highest BCUT2D eigenvalue weighted by molar-refractivity contribution is 6.31. The third-order valence-electron chi connectivity index (χ3n) is 22.8. The van der Waals surface area contributed by atoms with Gasteiger partial charge in [0.1, 0.15) is 72.1 Å². The first-order valence-electron chi connectivity index (χ1n) is 43.3. The molecule has 0 fully saturated rings. The Hall–Kier alpha value is -12.0. The van der Waals surface area contributed by atoms with E-state index in [0.29, 0.717) is 99.6 Å². The first-order chi connectivity index (χ1) is 61.5. The minimum absolute atomic E-state index is 0.000281. The van der Waals surface area contributed by atoms with E-state index in [-0.39, 0.29) is 148 Å². The van der Waals surface area contributed by atoms with Gasteiger partial charge in [0.15, 0.2) is 28.9 Å². The predicted molar refractivity (Wildman–Crippen MR) is 490 cm³/mol. The zero-order valence-corrected chi connectivity index (χ0v) is 75.5. The number of benzene rings is 8. The number of aliphatic hydroxyl groups excluding tert-OH is 2. The lowest BCUT2D eigenvalue weighted by molar-refractivity contribution is -0.155. The molecule has 2 unspecified atom stereocenters. The molecular formula is C100H116Cl2N8O19. The van der Waals surface area contributed by atoms with Gasteiger partial charge >= 0.3 is 11.9 Å². The van der Waals surface area contributed by atoms with E-state index >= 15 is 0 Å². The highest BCUT2D eigenvalue weighted by atomic mass is 35.5. The molecule has 12 N–H and O–H groups in total. The number of nitrogens with zero attached hydrogens (tertiary/aromatic N) is 3. The lowest BCUT2D eigenvalue weighted by atomic mass is 9.87. The summed E-state index contributed by atoms with van der Waals surface area (Å²) in [5.41, 5.74) is 24.0. The number of likely N-dealkylation sites (N-methyl/N-ethyl adjacent to an activating group) is 2. The van der Waals surface area contributed by atoms with Crippen molar-refractivity contribution in [2.75, 3.05) is 54.1 Å². The topological polar surface area (TPSA) is 438 Å². The molecule has 27 nitrogen and oxygen atoms in total. The number of Topliss-reactive ketones (excluding diaryl/α,β-unsaturated/α-hetero) is 5. The van der Waals surface area contributed by atoms with Gasteiger partial charge in [-0.2, -0.15) is 5.26 Å². The average Bonchev–Trinajstić information content (AvgIpc) is 0.780. The van der Waals surface area contributed by atoms with Gasteiger partial charge in [0.05, 0.1) is 19.2 Å². The number of ketones is 5. The molecule has 0 aliphatic carbocycles. The average molecular weight is 1800 g/mol. The van der Waals surface area contributed by atoms with Crippen LogP contribution in [0.5, 0.6) is 23.0 Å². The normalized spacial score (nSPS) is 17.4. The number of aliphatic hydroxyl groups is 2. The van der Waals surface area contributed by atoms with Crippen LogP contribution in [0, 0.1) is 35.0 Å². The van der Waals surface area contributed by atoms with Crippen LogP contribution in [0.25, 0.3) is 44.5 Å². The summed E-state index contributed by atoms with van der Waals surface area (Å²) in [5, 5.41) is 58.9. The fraction of sp³-hybridized carbons (Fsp3) is 0.400. The number of phenolic OH excluding ortho intramolecular Hbond substituents is 2. The number of fused-ring (bicyclic) bond motifs is 10. The Labute approximate surface area is 762 Å². The SMILES string of the molecule is COC(=O)[C@@H]1Cc2ccc(O)c(c2)-c2cc(ccc2O)[C@H](N(C)C(=O)[C@H](CCCCCC(=O)OC(C)(C)C)CC(=O)c2ccc(-c3ccc(Cl)cc3)cc2)C(=O)C[C@@H](C)C(=O)N1.C[C@@H]1CC(=O)[C@@H](N(C)C(=O)[C@H](CCCCN)CC(=O)c2ccc(-c3ccc(Cl)cc3)cc2)c2ccc(OCC(O)CN)c(c2)-c2cc(ccc2OCC(O)CN)C[C@@H](C(=O)CCC#N)NC1=O. The van der Waals surface area contributed by atoms with Gasteiger partial charge in [-0.25, -0.2) is 4.79 Å². The van der Waals surface area contributed by atoms with Gasteiger partial charge < -0.3 is 77.0 Å². The summed E-state index contributed by atoms with van der Waals surface area (Å²) in [6, 6.07) is 44.9. The molecule has 10 rings (SSSR count). The molecule has 0 aromatic heterocycles. The van der Waals surface area contributed by atoms with Crippen LogP contribution in [0.15, 0.2) is 170 Å². The standard InChI is InChI=1S/C51H61ClN6O9.C49H55ClN2O10/c1-31-22-46(63)49(58(2)51(65)37(6-3-4-20-53)26-45(62)35-11-9-33(10-12-35)34-13-16-38(52)17-14-34)36-15-19-48(67-30-40(60)28-56)42(25-36)41-23-32(8-18-47(41)66-29-39(59)27-55)24-43(57-50(31)64)44(61)7-5-21-54;1-29-24-43(56)45(34-19-23-41(54)38(27-34)37-25-30(12-22-40(37)53)26-39(48(60)61-6)51-46(29)58)52(5)47(59)35(10-8-7-9-11-44(57)62-49(2,3)4)28-42(55)33-15-13-31(14-16-33)32-17-20-36(50)21-18-32/h8-19,23,25,31,37,39-40,43,49,59-60H,3-7,20,22,24,26-30,53,55-56H2,1-2H3,(H,57,64);12-23,25,27,29,35,39,45,53-54H,7-11,24,26,28H2,1-6H3,(H,51,58)/t31-,37-,39?,40?,43+,49+;29-,35-,39+,45+/m11/s1.